The molecule has 2 atom stereocenters. The molecule has 0 aliphatic heterocycles. The number of aryl methyl sites for hydroxylation is 1. The van der Waals surface area contributed by atoms with Gasteiger partial charge >= 0.3 is 0 Å². The van der Waals surface area contributed by atoms with E-state index in [4.69, 9.17) is 4.98 Å². The van der Waals surface area contributed by atoms with E-state index in [-0.39, 0.29) is 0 Å². The Bertz CT molecular complexity index is 895. The van der Waals surface area contributed by atoms with Gasteiger partial charge in [0.1, 0.15) is 9.52 Å². The Hall–Kier alpha value is -1.55. The van der Waals surface area contributed by atoms with Crippen molar-refractivity contribution in [1.29, 1.82) is 0 Å². The largest absolute Gasteiger partial charge is 0.266 e. The van der Waals surface area contributed by atoms with Crippen molar-refractivity contribution in [2.75, 3.05) is 0 Å². The highest BCUT2D eigenvalue weighted by Gasteiger charge is 2.19. The predicted molar refractivity (Wildman–Crippen MR) is 174 cm³/mol. The molecule has 0 amide bonds. The molecule has 2 radical (unpaired) electrons. The maximum atomic E-state index is 4.74. The van der Waals surface area contributed by atoms with E-state index >= 15 is 0 Å². The van der Waals surface area contributed by atoms with Crippen LogP contribution in [-0.2, 0) is 6.42 Å². The zero-order valence-electron chi connectivity index (χ0n) is 26.3. The molecule has 3 rings (SSSR count). The zero-order valence-corrected chi connectivity index (χ0v) is 27.3. The molecular weight excluding hydrogens is 503 g/mol. The highest BCUT2D eigenvalue weighted by molar-refractivity contribution is 6.54. The van der Waals surface area contributed by atoms with Crippen LogP contribution in [0.15, 0.2) is 30.5 Å². The van der Waals surface area contributed by atoms with Crippen LogP contribution in [0.25, 0.3) is 11.3 Å². The molecule has 2 unspecified atom stereocenters. The fraction of sp³-hybridized carbons (Fsp3) is 0.750. The number of aromatic nitrogens is 3. The lowest BCUT2D eigenvalue weighted by atomic mass is 9.91. The third-order valence-electron chi connectivity index (χ3n) is 8.91. The zero-order chi connectivity index (χ0) is 28.3. The van der Waals surface area contributed by atoms with E-state index in [0.29, 0.717) is 0 Å². The van der Waals surface area contributed by atoms with E-state index in [1.54, 1.807) is 0 Å². The normalized spacial score (nSPS) is 14.9. The molecule has 222 valence electrons. The maximum Gasteiger partial charge on any atom is 0.108 e. The Balaban J connectivity index is 1.27. The first kappa shape index (κ1) is 33.0. The number of nitrogens with zero attached hydrogens (tertiary/aromatic N) is 3. The van der Waals surface area contributed by atoms with Gasteiger partial charge < -0.3 is 0 Å². The van der Waals surface area contributed by atoms with Crippen molar-refractivity contribution >= 4 is 14.8 Å². The number of rotatable bonds is 24. The third-order valence-corrected chi connectivity index (χ3v) is 10.3. The van der Waals surface area contributed by atoms with Crippen molar-refractivity contribution in [1.82, 2.24) is 15.2 Å². The van der Waals surface area contributed by atoms with Crippen molar-refractivity contribution in [3.63, 3.8) is 0 Å². The van der Waals surface area contributed by atoms with Crippen LogP contribution < -0.4 is 5.32 Å². The van der Waals surface area contributed by atoms with E-state index in [1.165, 1.54) is 139 Å². The lowest BCUT2D eigenvalue weighted by Gasteiger charge is -2.15. The van der Waals surface area contributed by atoms with Crippen molar-refractivity contribution in [2.45, 2.75) is 155 Å². The van der Waals surface area contributed by atoms with Crippen molar-refractivity contribution in [2.24, 2.45) is 17.8 Å². The molecule has 1 aliphatic rings. The van der Waals surface area contributed by atoms with Crippen LogP contribution in [0.2, 0.25) is 6.04 Å². The van der Waals surface area contributed by atoms with Gasteiger partial charge in [-0.1, -0.05) is 142 Å². The minimum absolute atomic E-state index is 0.748. The van der Waals surface area contributed by atoms with Crippen molar-refractivity contribution in [3.8, 4) is 11.3 Å². The molecular formula is C36H59N3Si. The van der Waals surface area contributed by atoms with Gasteiger partial charge in [0.05, 0.1) is 11.4 Å². The van der Waals surface area contributed by atoms with E-state index in [0.717, 1.165) is 45.1 Å². The Morgan fingerprint density at radius 1 is 0.750 bits per heavy atom. The molecule has 2 aromatic heterocycles. The first-order valence-electron chi connectivity index (χ1n) is 17.2. The van der Waals surface area contributed by atoms with Crippen LogP contribution in [0.4, 0.5) is 0 Å². The van der Waals surface area contributed by atoms with Gasteiger partial charge in [-0.2, -0.15) is 10.2 Å². The standard InChI is InChI=1S/C36H59N3Si/c1-4-5-11-17-30(2)22-23-31(3)18-14-15-29-40-36-34(21-16-28-37-36)35-27-26-33(38-39-35)20-13-10-8-6-7-9-12-19-32-24-25-32/h16,21,26-28,30-32H,4-15,17-20,22-25,29H2,1-3H3. The number of hydrogen-bond acceptors (Lipinski definition) is 3. The molecule has 0 aromatic carbocycles. The summed E-state index contributed by atoms with van der Waals surface area (Å²) in [6.45, 7) is 7.21. The second-order valence-corrected chi connectivity index (χ2v) is 14.3. The topological polar surface area (TPSA) is 38.7 Å². The van der Waals surface area contributed by atoms with Crippen LogP contribution in [0.5, 0.6) is 0 Å². The van der Waals surface area contributed by atoms with Crippen LogP contribution in [0.1, 0.15) is 148 Å². The van der Waals surface area contributed by atoms with Crippen LogP contribution in [0, 0.1) is 17.8 Å². The summed E-state index contributed by atoms with van der Waals surface area (Å²) in [5, 5.41) is 10.4. The summed E-state index contributed by atoms with van der Waals surface area (Å²) in [5.41, 5.74) is 3.28. The van der Waals surface area contributed by atoms with Crippen LogP contribution in [0.3, 0.4) is 0 Å². The average molecular weight is 562 g/mol. The Kier molecular flexibility index (Phi) is 16.8. The molecule has 1 fully saturated rings. The Morgan fingerprint density at radius 3 is 2.12 bits per heavy atom. The lowest BCUT2D eigenvalue weighted by molar-refractivity contribution is 0.382. The highest BCUT2D eigenvalue weighted by atomic mass is 28.2. The molecule has 0 spiro atoms. The number of pyridine rings is 1. The fourth-order valence-electron chi connectivity index (χ4n) is 5.84. The van der Waals surface area contributed by atoms with Gasteiger partial charge in [-0.25, -0.2) is 0 Å². The van der Waals surface area contributed by atoms with Crippen LogP contribution in [-0.4, -0.2) is 24.7 Å². The van der Waals surface area contributed by atoms with Gasteiger partial charge in [0.15, 0.2) is 0 Å². The molecule has 0 bridgehead atoms. The summed E-state index contributed by atoms with van der Waals surface area (Å²) >= 11 is 0. The van der Waals surface area contributed by atoms with E-state index in [2.05, 4.69) is 49.2 Å². The van der Waals surface area contributed by atoms with E-state index < -0.39 is 0 Å². The first-order valence-corrected chi connectivity index (χ1v) is 18.4. The summed E-state index contributed by atoms with van der Waals surface area (Å²) in [6, 6.07) is 9.80. The summed E-state index contributed by atoms with van der Waals surface area (Å²) in [7, 11) is 0.748. The molecule has 4 heteroatoms. The van der Waals surface area contributed by atoms with Gasteiger partial charge in [0, 0.05) is 17.1 Å². The van der Waals surface area contributed by atoms with Gasteiger partial charge in [-0.15, -0.1) is 0 Å². The van der Waals surface area contributed by atoms with E-state index in [9.17, 15) is 0 Å². The average Bonchev–Trinajstić information content (AvgIpc) is 3.80. The third kappa shape index (κ3) is 14.4. The van der Waals surface area contributed by atoms with E-state index in [1.807, 2.05) is 12.3 Å². The minimum Gasteiger partial charge on any atom is -0.266 e. The quantitative estimate of drug-likeness (QED) is 0.0945. The predicted octanol–water partition coefficient (Wildman–Crippen LogP) is 10.2. The molecule has 3 nitrogen and oxygen atoms in total. The Labute approximate surface area is 250 Å². The van der Waals surface area contributed by atoms with Gasteiger partial charge in [0.2, 0.25) is 0 Å². The second kappa shape index (κ2) is 20.3. The minimum atomic E-state index is 0.748. The smallest absolute Gasteiger partial charge is 0.108 e. The first-order chi connectivity index (χ1) is 19.7. The molecule has 1 saturated carbocycles. The lowest BCUT2D eigenvalue weighted by Crippen LogP contribution is -2.21. The molecule has 2 heterocycles. The summed E-state index contributed by atoms with van der Waals surface area (Å²) in [5.74, 6) is 2.86. The maximum absolute atomic E-state index is 4.74. The second-order valence-electron chi connectivity index (χ2n) is 13.0. The van der Waals surface area contributed by atoms with Gasteiger partial charge in [0.25, 0.3) is 0 Å². The number of hydrogen-bond donors (Lipinski definition) is 0. The van der Waals surface area contributed by atoms with Crippen molar-refractivity contribution in [3.05, 3.63) is 36.2 Å². The summed E-state index contributed by atoms with van der Waals surface area (Å²) in [6.07, 6.45) is 29.5. The Morgan fingerprint density at radius 2 is 1.45 bits per heavy atom. The molecule has 40 heavy (non-hydrogen) atoms. The molecule has 1 aliphatic carbocycles. The molecule has 2 aromatic rings. The summed E-state index contributed by atoms with van der Waals surface area (Å²) in [4.78, 5) is 4.74. The highest BCUT2D eigenvalue weighted by Crippen LogP contribution is 2.34. The SMILES string of the molecule is CCCCCC(C)CCC(C)CCCC[Si]c1ncccc1-c1ccc(CCCCCCCCCC2CC2)nn1. The van der Waals surface area contributed by atoms with Gasteiger partial charge in [-0.3, -0.25) is 4.98 Å². The number of unbranched alkanes of at least 4 members (excludes halogenated alkanes) is 9. The summed E-state index contributed by atoms with van der Waals surface area (Å²) < 4.78 is 0. The monoisotopic (exact) mass is 561 g/mol. The molecule has 0 saturated heterocycles. The molecule has 0 N–H and O–H groups in total. The van der Waals surface area contributed by atoms with Crippen molar-refractivity contribution < 1.29 is 0 Å². The fourth-order valence-corrected chi connectivity index (χ4v) is 7.08. The van der Waals surface area contributed by atoms with Gasteiger partial charge in [-0.05, 0) is 54.9 Å². The van der Waals surface area contributed by atoms with Crippen LogP contribution >= 0.6 is 0 Å².